The molecule has 102 valence electrons. The van der Waals surface area contributed by atoms with Gasteiger partial charge < -0.3 is 14.8 Å². The van der Waals surface area contributed by atoms with E-state index in [2.05, 4.69) is 45.1 Å². The zero-order valence-electron chi connectivity index (χ0n) is 12.3. The predicted molar refractivity (Wildman–Crippen MR) is 75.2 cm³/mol. The summed E-state index contributed by atoms with van der Waals surface area (Å²) in [5.74, 6) is 0.900. The molecule has 1 unspecified atom stereocenters. The third kappa shape index (κ3) is 3.24. The van der Waals surface area contributed by atoms with Crippen LogP contribution in [0.5, 0.6) is 5.75 Å². The Morgan fingerprint density at radius 1 is 1.28 bits per heavy atom. The van der Waals surface area contributed by atoms with Gasteiger partial charge in [0.25, 0.3) is 0 Å². The average molecular weight is 251 g/mol. The molecule has 0 fully saturated rings. The molecule has 0 aromatic heterocycles. The fourth-order valence-electron chi connectivity index (χ4n) is 2.13. The Hall–Kier alpha value is -1.06. The number of benzene rings is 1. The summed E-state index contributed by atoms with van der Waals surface area (Å²) < 4.78 is 11.1. The Balaban J connectivity index is 3.24. The van der Waals surface area contributed by atoms with E-state index < -0.39 is 0 Å². The Morgan fingerprint density at radius 3 is 2.44 bits per heavy atom. The quantitative estimate of drug-likeness (QED) is 0.843. The maximum absolute atomic E-state index is 5.63. The number of ether oxygens (including phenoxy) is 2. The van der Waals surface area contributed by atoms with Gasteiger partial charge in [-0.05, 0) is 33.4 Å². The summed E-state index contributed by atoms with van der Waals surface area (Å²) in [7, 11) is 3.45. The van der Waals surface area contributed by atoms with E-state index in [0.29, 0.717) is 0 Å². The van der Waals surface area contributed by atoms with Crippen LogP contribution in [0.4, 0.5) is 0 Å². The normalized spacial score (nSPS) is 13.4. The third-order valence-electron chi connectivity index (χ3n) is 3.33. The lowest BCUT2D eigenvalue weighted by Gasteiger charge is -2.35. The first-order chi connectivity index (χ1) is 8.46. The first-order valence-electron chi connectivity index (χ1n) is 6.39. The standard InChI is InChI=1S/C15H25NO2/c1-7-16-14(15(3,4)18-6)12-10-11(2)8-9-13(12)17-5/h8-10,14,16H,7H2,1-6H3. The van der Waals surface area contributed by atoms with Gasteiger partial charge >= 0.3 is 0 Å². The van der Waals surface area contributed by atoms with Crippen molar-refractivity contribution in [1.29, 1.82) is 0 Å². The minimum absolute atomic E-state index is 0.0994. The molecule has 0 spiro atoms. The highest BCUT2D eigenvalue weighted by Gasteiger charge is 2.32. The van der Waals surface area contributed by atoms with Crippen molar-refractivity contribution < 1.29 is 9.47 Å². The van der Waals surface area contributed by atoms with Crippen LogP contribution in [0.2, 0.25) is 0 Å². The highest BCUT2D eigenvalue weighted by molar-refractivity contribution is 5.40. The summed E-state index contributed by atoms with van der Waals surface area (Å²) in [6, 6.07) is 6.33. The summed E-state index contributed by atoms with van der Waals surface area (Å²) in [5, 5.41) is 3.49. The zero-order valence-corrected chi connectivity index (χ0v) is 12.3. The molecule has 0 amide bonds. The van der Waals surface area contributed by atoms with E-state index in [1.165, 1.54) is 5.56 Å². The van der Waals surface area contributed by atoms with E-state index in [4.69, 9.17) is 9.47 Å². The molecule has 0 heterocycles. The maximum Gasteiger partial charge on any atom is 0.123 e. The Kier molecular flexibility index (Phi) is 5.17. The number of hydrogen-bond donors (Lipinski definition) is 1. The zero-order chi connectivity index (χ0) is 13.8. The predicted octanol–water partition coefficient (Wildman–Crippen LogP) is 3.08. The van der Waals surface area contributed by atoms with E-state index in [-0.39, 0.29) is 11.6 Å². The molecule has 1 aromatic rings. The summed E-state index contributed by atoms with van der Waals surface area (Å²) in [6.45, 7) is 9.24. The molecule has 0 aliphatic heterocycles. The van der Waals surface area contributed by atoms with Crippen molar-refractivity contribution in [3.8, 4) is 5.75 Å². The summed E-state index contributed by atoms with van der Waals surface area (Å²) in [6.07, 6.45) is 0. The van der Waals surface area contributed by atoms with Crippen LogP contribution < -0.4 is 10.1 Å². The van der Waals surface area contributed by atoms with E-state index in [1.807, 2.05) is 6.07 Å². The van der Waals surface area contributed by atoms with E-state index in [1.54, 1.807) is 14.2 Å². The molecule has 1 aromatic carbocycles. The first kappa shape index (κ1) is 15.0. The van der Waals surface area contributed by atoms with Crippen molar-refractivity contribution >= 4 is 0 Å². The van der Waals surface area contributed by atoms with Crippen molar-refractivity contribution in [3.05, 3.63) is 29.3 Å². The van der Waals surface area contributed by atoms with Gasteiger partial charge in [0.05, 0.1) is 18.8 Å². The van der Waals surface area contributed by atoms with Crippen molar-refractivity contribution in [3.63, 3.8) is 0 Å². The first-order valence-corrected chi connectivity index (χ1v) is 6.39. The molecule has 0 saturated heterocycles. The Bertz CT molecular complexity index is 388. The smallest absolute Gasteiger partial charge is 0.123 e. The molecule has 0 aliphatic carbocycles. The van der Waals surface area contributed by atoms with Gasteiger partial charge in [0.15, 0.2) is 0 Å². The van der Waals surface area contributed by atoms with E-state index in [0.717, 1.165) is 17.9 Å². The molecule has 0 radical (unpaired) electrons. The average Bonchev–Trinajstić information content (AvgIpc) is 2.35. The summed E-state index contributed by atoms with van der Waals surface area (Å²) in [5.41, 5.74) is 2.07. The minimum Gasteiger partial charge on any atom is -0.496 e. The molecule has 3 heteroatoms. The van der Waals surface area contributed by atoms with Gasteiger partial charge in [0.1, 0.15) is 5.75 Å². The second-order valence-electron chi connectivity index (χ2n) is 5.04. The van der Waals surface area contributed by atoms with Crippen LogP contribution in [0.3, 0.4) is 0 Å². The number of aryl methyl sites for hydroxylation is 1. The van der Waals surface area contributed by atoms with Gasteiger partial charge in [0.2, 0.25) is 0 Å². The number of nitrogens with one attached hydrogen (secondary N) is 1. The van der Waals surface area contributed by atoms with Crippen molar-refractivity contribution in [2.45, 2.75) is 39.3 Å². The minimum atomic E-state index is -0.295. The largest absolute Gasteiger partial charge is 0.496 e. The summed E-state index contributed by atoms with van der Waals surface area (Å²) in [4.78, 5) is 0. The molecule has 18 heavy (non-hydrogen) atoms. The Labute approximate surface area is 110 Å². The van der Waals surface area contributed by atoms with Gasteiger partial charge in [-0.25, -0.2) is 0 Å². The van der Waals surface area contributed by atoms with Crippen LogP contribution in [-0.2, 0) is 4.74 Å². The van der Waals surface area contributed by atoms with Gasteiger partial charge in [-0.15, -0.1) is 0 Å². The molecule has 1 N–H and O–H groups in total. The second-order valence-corrected chi connectivity index (χ2v) is 5.04. The monoisotopic (exact) mass is 251 g/mol. The van der Waals surface area contributed by atoms with Crippen LogP contribution >= 0.6 is 0 Å². The topological polar surface area (TPSA) is 30.5 Å². The van der Waals surface area contributed by atoms with Crippen molar-refractivity contribution in [2.24, 2.45) is 0 Å². The molecule has 1 rings (SSSR count). The van der Waals surface area contributed by atoms with Crippen molar-refractivity contribution in [2.75, 3.05) is 20.8 Å². The van der Waals surface area contributed by atoms with E-state index in [9.17, 15) is 0 Å². The number of likely N-dealkylation sites (N-methyl/N-ethyl adjacent to an activating group) is 1. The van der Waals surface area contributed by atoms with Crippen LogP contribution in [0.1, 0.15) is 37.9 Å². The second kappa shape index (κ2) is 6.21. The molecule has 0 saturated carbocycles. The summed E-state index contributed by atoms with van der Waals surface area (Å²) >= 11 is 0. The lowest BCUT2D eigenvalue weighted by Crippen LogP contribution is -2.41. The molecule has 3 nitrogen and oxygen atoms in total. The molecule has 0 bridgehead atoms. The maximum atomic E-state index is 5.63. The van der Waals surface area contributed by atoms with Crippen LogP contribution in [-0.4, -0.2) is 26.4 Å². The molecular formula is C15H25NO2. The fourth-order valence-corrected chi connectivity index (χ4v) is 2.13. The van der Waals surface area contributed by atoms with Crippen LogP contribution in [0.25, 0.3) is 0 Å². The third-order valence-corrected chi connectivity index (χ3v) is 3.33. The van der Waals surface area contributed by atoms with Crippen molar-refractivity contribution in [1.82, 2.24) is 5.32 Å². The SMILES string of the molecule is CCNC(c1cc(C)ccc1OC)C(C)(C)OC. The number of hydrogen-bond acceptors (Lipinski definition) is 3. The highest BCUT2D eigenvalue weighted by atomic mass is 16.5. The fraction of sp³-hybridized carbons (Fsp3) is 0.600. The van der Waals surface area contributed by atoms with Gasteiger partial charge in [-0.3, -0.25) is 0 Å². The lowest BCUT2D eigenvalue weighted by atomic mass is 9.90. The molecule has 1 atom stereocenters. The highest BCUT2D eigenvalue weighted by Crippen LogP contribution is 2.34. The lowest BCUT2D eigenvalue weighted by molar-refractivity contribution is -0.0112. The molecule has 0 aliphatic rings. The number of methoxy groups -OCH3 is 2. The van der Waals surface area contributed by atoms with Gasteiger partial charge in [-0.1, -0.05) is 24.6 Å². The Morgan fingerprint density at radius 2 is 1.94 bits per heavy atom. The van der Waals surface area contributed by atoms with Crippen LogP contribution in [0.15, 0.2) is 18.2 Å². The number of rotatable bonds is 6. The van der Waals surface area contributed by atoms with Crippen LogP contribution in [0, 0.1) is 6.92 Å². The van der Waals surface area contributed by atoms with Gasteiger partial charge in [0, 0.05) is 12.7 Å². The molecular weight excluding hydrogens is 226 g/mol. The van der Waals surface area contributed by atoms with E-state index >= 15 is 0 Å². The van der Waals surface area contributed by atoms with Gasteiger partial charge in [-0.2, -0.15) is 0 Å².